The summed E-state index contributed by atoms with van der Waals surface area (Å²) in [4.78, 5) is 12.5. The van der Waals surface area contributed by atoms with Crippen LogP contribution in [0.5, 0.6) is 11.5 Å². The Bertz CT molecular complexity index is 1080. The smallest absolute Gasteiger partial charge is 0.228 e. The molecule has 0 aliphatic rings. The van der Waals surface area contributed by atoms with Crippen molar-refractivity contribution < 1.29 is 13.9 Å². The van der Waals surface area contributed by atoms with Crippen LogP contribution in [-0.4, -0.2) is 5.91 Å². The van der Waals surface area contributed by atoms with E-state index in [0.29, 0.717) is 0 Å². The van der Waals surface area contributed by atoms with Gasteiger partial charge in [0.15, 0.2) is 0 Å². The fourth-order valence-corrected chi connectivity index (χ4v) is 3.09. The van der Waals surface area contributed by atoms with Crippen LogP contribution in [0.3, 0.4) is 0 Å². The van der Waals surface area contributed by atoms with E-state index in [1.807, 2.05) is 60.7 Å². The van der Waals surface area contributed by atoms with Crippen molar-refractivity contribution in [1.29, 1.82) is 0 Å². The van der Waals surface area contributed by atoms with Crippen LogP contribution >= 0.6 is 0 Å². The molecule has 0 bridgehead atoms. The number of para-hydroxylation sites is 1. The Morgan fingerprint density at radius 3 is 2.46 bits per heavy atom. The number of furan rings is 1. The average molecular weight is 371 g/mol. The minimum Gasteiger partial charge on any atom is -0.464 e. The summed E-state index contributed by atoms with van der Waals surface area (Å²) >= 11 is 0. The molecule has 4 heteroatoms. The number of carbonyl (C=O) groups is 1. The summed E-state index contributed by atoms with van der Waals surface area (Å²) in [5, 5.41) is 3.93. The van der Waals surface area contributed by atoms with Crippen LogP contribution in [0.1, 0.15) is 18.1 Å². The molecule has 0 atom stereocenters. The highest BCUT2D eigenvalue weighted by molar-refractivity contribution is 5.95. The first-order chi connectivity index (χ1) is 13.7. The van der Waals surface area contributed by atoms with Crippen molar-refractivity contribution in [3.05, 3.63) is 90.2 Å². The van der Waals surface area contributed by atoms with Crippen molar-refractivity contribution in [3.8, 4) is 11.5 Å². The summed E-state index contributed by atoms with van der Waals surface area (Å²) in [5.41, 5.74) is 3.66. The summed E-state index contributed by atoms with van der Waals surface area (Å²) in [5.74, 6) is 1.41. The van der Waals surface area contributed by atoms with Crippen molar-refractivity contribution >= 4 is 22.6 Å². The monoisotopic (exact) mass is 371 g/mol. The molecule has 140 valence electrons. The molecule has 0 unspecified atom stereocenters. The molecule has 1 aromatic heterocycles. The number of nitrogens with one attached hydrogen (secondary N) is 1. The Balaban J connectivity index is 1.41. The molecule has 3 aromatic carbocycles. The number of rotatable bonds is 6. The molecule has 4 aromatic rings. The maximum absolute atomic E-state index is 12.5. The van der Waals surface area contributed by atoms with Gasteiger partial charge in [0, 0.05) is 16.6 Å². The minimum atomic E-state index is -0.0821. The first-order valence-corrected chi connectivity index (χ1v) is 9.33. The maximum atomic E-state index is 12.5. The molecule has 28 heavy (non-hydrogen) atoms. The zero-order valence-electron chi connectivity index (χ0n) is 15.6. The largest absolute Gasteiger partial charge is 0.464 e. The second-order valence-electron chi connectivity index (χ2n) is 6.61. The summed E-state index contributed by atoms with van der Waals surface area (Å²) in [6.45, 7) is 2.11. The molecule has 0 saturated carbocycles. The van der Waals surface area contributed by atoms with E-state index in [1.165, 1.54) is 5.56 Å². The Morgan fingerprint density at radius 1 is 0.964 bits per heavy atom. The van der Waals surface area contributed by atoms with E-state index in [0.717, 1.165) is 40.1 Å². The quantitative estimate of drug-likeness (QED) is 0.454. The number of ether oxygens (including phenoxy) is 1. The normalized spacial score (nSPS) is 10.8. The van der Waals surface area contributed by atoms with E-state index in [1.54, 1.807) is 6.26 Å². The third kappa shape index (κ3) is 4.07. The third-order valence-corrected chi connectivity index (χ3v) is 4.59. The molecule has 4 rings (SSSR count). The van der Waals surface area contributed by atoms with Gasteiger partial charge in [0.1, 0.15) is 17.1 Å². The number of carbonyl (C=O) groups excluding carboxylic acids is 1. The highest BCUT2D eigenvalue weighted by atomic mass is 16.5. The predicted octanol–water partition coefficient (Wildman–Crippen LogP) is 5.97. The Hall–Kier alpha value is -3.53. The first kappa shape index (κ1) is 17.9. The van der Waals surface area contributed by atoms with Crippen molar-refractivity contribution in [3.63, 3.8) is 0 Å². The van der Waals surface area contributed by atoms with Gasteiger partial charge in [-0.2, -0.15) is 0 Å². The maximum Gasteiger partial charge on any atom is 0.228 e. The van der Waals surface area contributed by atoms with Crippen LogP contribution in [-0.2, 0) is 17.6 Å². The SMILES string of the molecule is CCc1ccc2occ(CC(=O)Nc3ccc(Oc4ccccc4)cc3)c2c1. The molecule has 0 fully saturated rings. The molecule has 1 amide bonds. The van der Waals surface area contributed by atoms with E-state index in [-0.39, 0.29) is 12.3 Å². The lowest BCUT2D eigenvalue weighted by molar-refractivity contribution is -0.115. The standard InChI is InChI=1S/C24H21NO3/c1-2-17-8-13-23-22(14-17)18(16-27-23)15-24(26)25-19-9-11-21(12-10-19)28-20-6-4-3-5-7-20/h3-14,16H,2,15H2,1H3,(H,25,26). The molecule has 0 aliphatic heterocycles. The van der Waals surface area contributed by atoms with Gasteiger partial charge in [0.25, 0.3) is 0 Å². The zero-order valence-corrected chi connectivity index (χ0v) is 15.6. The fraction of sp³-hybridized carbons (Fsp3) is 0.125. The molecule has 4 nitrogen and oxygen atoms in total. The van der Waals surface area contributed by atoms with Crippen LogP contribution < -0.4 is 10.1 Å². The Labute approximate surface area is 163 Å². The van der Waals surface area contributed by atoms with Gasteiger partial charge in [-0.3, -0.25) is 4.79 Å². The highest BCUT2D eigenvalue weighted by Gasteiger charge is 2.11. The Morgan fingerprint density at radius 2 is 1.71 bits per heavy atom. The van der Waals surface area contributed by atoms with Crippen molar-refractivity contribution in [2.75, 3.05) is 5.32 Å². The molecule has 0 aliphatic carbocycles. The number of amides is 1. The lowest BCUT2D eigenvalue weighted by Gasteiger charge is -2.08. The Kier molecular flexibility index (Phi) is 5.11. The summed E-state index contributed by atoms with van der Waals surface area (Å²) in [7, 11) is 0. The topological polar surface area (TPSA) is 51.5 Å². The first-order valence-electron chi connectivity index (χ1n) is 9.33. The summed E-state index contributed by atoms with van der Waals surface area (Å²) in [6.07, 6.45) is 2.88. The molecule has 1 heterocycles. The van der Waals surface area contributed by atoms with Gasteiger partial charge in [-0.05, 0) is 60.5 Å². The van der Waals surface area contributed by atoms with Crippen LogP contribution in [0.4, 0.5) is 5.69 Å². The van der Waals surface area contributed by atoms with Gasteiger partial charge in [0.05, 0.1) is 12.7 Å². The number of anilines is 1. The molecule has 1 N–H and O–H groups in total. The number of fused-ring (bicyclic) bond motifs is 1. The van der Waals surface area contributed by atoms with Gasteiger partial charge in [-0.1, -0.05) is 31.2 Å². The average Bonchev–Trinajstić information content (AvgIpc) is 3.12. The third-order valence-electron chi connectivity index (χ3n) is 4.59. The van der Waals surface area contributed by atoms with E-state index >= 15 is 0 Å². The second kappa shape index (κ2) is 8.01. The second-order valence-corrected chi connectivity index (χ2v) is 6.61. The zero-order chi connectivity index (χ0) is 19.3. The van der Waals surface area contributed by atoms with Crippen LogP contribution in [0.25, 0.3) is 11.0 Å². The van der Waals surface area contributed by atoms with Crippen molar-refractivity contribution in [2.45, 2.75) is 19.8 Å². The van der Waals surface area contributed by atoms with Crippen molar-refractivity contribution in [1.82, 2.24) is 0 Å². The van der Waals surface area contributed by atoms with Gasteiger partial charge in [0.2, 0.25) is 5.91 Å². The highest BCUT2D eigenvalue weighted by Crippen LogP contribution is 2.25. The summed E-state index contributed by atoms with van der Waals surface area (Å²) in [6, 6.07) is 23.0. The van der Waals surface area contributed by atoms with Crippen LogP contribution in [0.15, 0.2) is 83.5 Å². The van der Waals surface area contributed by atoms with Crippen LogP contribution in [0.2, 0.25) is 0 Å². The molecule has 0 saturated heterocycles. The van der Waals surface area contributed by atoms with E-state index in [9.17, 15) is 4.79 Å². The van der Waals surface area contributed by atoms with Gasteiger partial charge in [-0.15, -0.1) is 0 Å². The fourth-order valence-electron chi connectivity index (χ4n) is 3.09. The van der Waals surface area contributed by atoms with Gasteiger partial charge in [-0.25, -0.2) is 0 Å². The number of hydrogen-bond acceptors (Lipinski definition) is 3. The van der Waals surface area contributed by atoms with E-state index < -0.39 is 0 Å². The number of hydrogen-bond donors (Lipinski definition) is 1. The molecular formula is C24H21NO3. The van der Waals surface area contributed by atoms with E-state index in [2.05, 4.69) is 24.4 Å². The van der Waals surface area contributed by atoms with Gasteiger partial charge >= 0.3 is 0 Å². The lowest BCUT2D eigenvalue weighted by Crippen LogP contribution is -2.14. The molecular weight excluding hydrogens is 350 g/mol. The van der Waals surface area contributed by atoms with Crippen molar-refractivity contribution in [2.24, 2.45) is 0 Å². The number of aryl methyl sites for hydroxylation is 1. The lowest BCUT2D eigenvalue weighted by atomic mass is 10.1. The van der Waals surface area contributed by atoms with Crippen LogP contribution in [0, 0.1) is 0 Å². The van der Waals surface area contributed by atoms with Gasteiger partial charge < -0.3 is 14.5 Å². The molecule has 0 radical (unpaired) electrons. The predicted molar refractivity (Wildman–Crippen MR) is 111 cm³/mol. The minimum absolute atomic E-state index is 0.0821. The number of benzene rings is 3. The summed E-state index contributed by atoms with van der Waals surface area (Å²) < 4.78 is 11.3. The molecule has 0 spiro atoms. The van der Waals surface area contributed by atoms with E-state index in [4.69, 9.17) is 9.15 Å².